The van der Waals surface area contributed by atoms with Crippen molar-refractivity contribution in [3.8, 4) is 5.75 Å². The van der Waals surface area contributed by atoms with Crippen molar-refractivity contribution in [1.82, 2.24) is 0 Å². The van der Waals surface area contributed by atoms with E-state index in [0.29, 0.717) is 11.3 Å². The Morgan fingerprint density at radius 3 is 2.76 bits per heavy atom. The molecule has 1 aromatic carbocycles. The summed E-state index contributed by atoms with van der Waals surface area (Å²) < 4.78 is 18.6. The van der Waals surface area contributed by atoms with Gasteiger partial charge < -0.3 is 4.74 Å². The Kier molecular flexibility index (Phi) is 3.77. The Morgan fingerprint density at radius 1 is 1.41 bits per heavy atom. The van der Waals surface area contributed by atoms with E-state index < -0.39 is 0 Å². The van der Waals surface area contributed by atoms with Crippen molar-refractivity contribution in [1.29, 1.82) is 0 Å². The summed E-state index contributed by atoms with van der Waals surface area (Å²) in [6.07, 6.45) is 4.22. The van der Waals surface area contributed by atoms with Gasteiger partial charge in [-0.1, -0.05) is 18.9 Å². The molecule has 0 radical (unpaired) electrons. The van der Waals surface area contributed by atoms with Crippen LogP contribution in [0.3, 0.4) is 0 Å². The molecule has 1 aliphatic rings. The smallest absolute Gasteiger partial charge is 0.173 e. The number of aryl methyl sites for hydroxylation is 1. The van der Waals surface area contributed by atoms with Crippen LogP contribution in [0.5, 0.6) is 5.75 Å². The molecule has 1 aromatic rings. The van der Waals surface area contributed by atoms with Crippen LogP contribution in [-0.2, 0) is 4.79 Å². The van der Waals surface area contributed by atoms with Crippen LogP contribution in [0.25, 0.3) is 0 Å². The monoisotopic (exact) mass is 236 g/mol. The van der Waals surface area contributed by atoms with Gasteiger partial charge in [-0.15, -0.1) is 0 Å². The number of benzene rings is 1. The first kappa shape index (κ1) is 12.1. The molecule has 0 N–H and O–H groups in total. The molecule has 0 bridgehead atoms. The highest BCUT2D eigenvalue weighted by atomic mass is 19.1. The molecule has 0 spiro atoms. The van der Waals surface area contributed by atoms with Crippen LogP contribution in [0.4, 0.5) is 4.39 Å². The van der Waals surface area contributed by atoms with E-state index in [1.807, 2.05) is 0 Å². The lowest BCUT2D eigenvalue weighted by molar-refractivity contribution is -0.124. The minimum Gasteiger partial charge on any atom is -0.486 e. The molecule has 0 saturated heterocycles. The van der Waals surface area contributed by atoms with Crippen LogP contribution in [0.2, 0.25) is 0 Å². The molecule has 17 heavy (non-hydrogen) atoms. The average molecular weight is 236 g/mol. The van der Waals surface area contributed by atoms with Gasteiger partial charge in [0.15, 0.2) is 5.78 Å². The van der Waals surface area contributed by atoms with Crippen LogP contribution in [0, 0.1) is 18.7 Å². The largest absolute Gasteiger partial charge is 0.486 e. The fraction of sp³-hybridized carbons (Fsp3) is 0.500. The molecule has 0 aliphatic heterocycles. The number of carbonyl (C=O) groups excluding carboxylic acids is 1. The summed E-state index contributed by atoms with van der Waals surface area (Å²) in [5, 5.41) is 0. The third-order valence-corrected chi connectivity index (χ3v) is 3.33. The summed E-state index contributed by atoms with van der Waals surface area (Å²) in [4.78, 5) is 11.8. The lowest BCUT2D eigenvalue weighted by Crippen LogP contribution is -2.19. The highest BCUT2D eigenvalue weighted by Gasteiger charge is 2.22. The summed E-state index contributed by atoms with van der Waals surface area (Å²) in [6.45, 7) is 1.76. The second kappa shape index (κ2) is 5.30. The zero-order chi connectivity index (χ0) is 12.3. The Hall–Kier alpha value is -1.38. The van der Waals surface area contributed by atoms with Crippen LogP contribution in [0.1, 0.15) is 31.2 Å². The van der Waals surface area contributed by atoms with Crippen LogP contribution < -0.4 is 4.74 Å². The number of Topliss-reactive ketones (excluding diaryl/α,β-unsaturated/α-hetero) is 1. The number of ketones is 1. The van der Waals surface area contributed by atoms with Crippen molar-refractivity contribution in [3.63, 3.8) is 0 Å². The minimum absolute atomic E-state index is 0.0627. The zero-order valence-electron chi connectivity index (χ0n) is 10.0. The molecule has 92 valence electrons. The molecule has 1 aliphatic carbocycles. The van der Waals surface area contributed by atoms with Gasteiger partial charge in [0.2, 0.25) is 0 Å². The van der Waals surface area contributed by atoms with Crippen LogP contribution >= 0.6 is 0 Å². The standard InChI is InChI=1S/C14H17FO2/c1-10-6-7-12(8-13(10)15)17-9-14(16)11-4-2-3-5-11/h6-8,11H,2-5,9H2,1H3. The van der Waals surface area contributed by atoms with Gasteiger partial charge in [-0.2, -0.15) is 0 Å². The molecule has 2 nitrogen and oxygen atoms in total. The summed E-state index contributed by atoms with van der Waals surface area (Å²) in [5.74, 6) is 0.434. The second-order valence-corrected chi connectivity index (χ2v) is 4.65. The van der Waals surface area contributed by atoms with Crippen LogP contribution in [0.15, 0.2) is 18.2 Å². The Bertz CT molecular complexity index is 409. The van der Waals surface area contributed by atoms with E-state index in [0.717, 1.165) is 25.7 Å². The summed E-state index contributed by atoms with van der Waals surface area (Å²) in [6, 6.07) is 4.68. The molecule has 0 unspecified atom stereocenters. The summed E-state index contributed by atoms with van der Waals surface area (Å²) in [5.41, 5.74) is 0.583. The molecule has 2 rings (SSSR count). The topological polar surface area (TPSA) is 26.3 Å². The zero-order valence-corrected chi connectivity index (χ0v) is 10.0. The Labute approximate surface area is 101 Å². The Balaban J connectivity index is 1.88. The van der Waals surface area contributed by atoms with Crippen molar-refractivity contribution >= 4 is 5.78 Å². The van der Waals surface area contributed by atoms with E-state index in [1.165, 1.54) is 6.07 Å². The quantitative estimate of drug-likeness (QED) is 0.802. The van der Waals surface area contributed by atoms with Gasteiger partial charge in [0.1, 0.15) is 18.2 Å². The van der Waals surface area contributed by atoms with Crippen molar-refractivity contribution in [2.45, 2.75) is 32.6 Å². The highest BCUT2D eigenvalue weighted by molar-refractivity contribution is 5.82. The fourth-order valence-corrected chi connectivity index (χ4v) is 2.18. The predicted octanol–water partition coefficient (Wildman–Crippen LogP) is 3.27. The van der Waals surface area contributed by atoms with E-state index in [1.54, 1.807) is 19.1 Å². The van der Waals surface area contributed by atoms with E-state index in [4.69, 9.17) is 4.74 Å². The molecule has 0 heterocycles. The van der Waals surface area contributed by atoms with Gasteiger partial charge in [-0.25, -0.2) is 4.39 Å². The van der Waals surface area contributed by atoms with Gasteiger partial charge in [0, 0.05) is 12.0 Å². The SMILES string of the molecule is Cc1ccc(OCC(=O)C2CCCC2)cc1F. The number of halogens is 1. The van der Waals surface area contributed by atoms with E-state index >= 15 is 0 Å². The van der Waals surface area contributed by atoms with E-state index in [-0.39, 0.29) is 24.1 Å². The molecule has 1 fully saturated rings. The number of hydrogen-bond acceptors (Lipinski definition) is 2. The average Bonchev–Trinajstić information content (AvgIpc) is 2.84. The van der Waals surface area contributed by atoms with Gasteiger partial charge in [0.05, 0.1) is 0 Å². The molecule has 1 saturated carbocycles. The molecule has 0 aromatic heterocycles. The Morgan fingerprint density at radius 2 is 2.12 bits per heavy atom. The third kappa shape index (κ3) is 3.05. The number of carbonyl (C=O) groups is 1. The molecule has 0 amide bonds. The molecular formula is C14H17FO2. The first-order chi connectivity index (χ1) is 8.16. The first-order valence-electron chi connectivity index (χ1n) is 6.08. The maximum absolute atomic E-state index is 13.2. The normalized spacial score (nSPS) is 16.1. The van der Waals surface area contributed by atoms with E-state index in [9.17, 15) is 9.18 Å². The first-order valence-corrected chi connectivity index (χ1v) is 6.08. The fourth-order valence-electron chi connectivity index (χ4n) is 2.18. The van der Waals surface area contributed by atoms with Crippen molar-refractivity contribution < 1.29 is 13.9 Å². The summed E-state index contributed by atoms with van der Waals surface area (Å²) >= 11 is 0. The van der Waals surface area contributed by atoms with Crippen molar-refractivity contribution in [2.24, 2.45) is 5.92 Å². The van der Waals surface area contributed by atoms with Gasteiger partial charge in [0.25, 0.3) is 0 Å². The lowest BCUT2D eigenvalue weighted by Gasteiger charge is -2.10. The maximum Gasteiger partial charge on any atom is 0.173 e. The van der Waals surface area contributed by atoms with Gasteiger partial charge >= 0.3 is 0 Å². The number of ether oxygens (including phenoxy) is 1. The molecule has 3 heteroatoms. The van der Waals surface area contributed by atoms with Crippen LogP contribution in [-0.4, -0.2) is 12.4 Å². The van der Waals surface area contributed by atoms with Gasteiger partial charge in [-0.3, -0.25) is 4.79 Å². The molecule has 0 atom stereocenters. The predicted molar refractivity (Wildman–Crippen MR) is 63.6 cm³/mol. The molecular weight excluding hydrogens is 219 g/mol. The number of rotatable bonds is 4. The lowest BCUT2D eigenvalue weighted by atomic mass is 10.0. The summed E-state index contributed by atoms with van der Waals surface area (Å²) in [7, 11) is 0. The maximum atomic E-state index is 13.2. The second-order valence-electron chi connectivity index (χ2n) is 4.65. The van der Waals surface area contributed by atoms with E-state index in [2.05, 4.69) is 0 Å². The van der Waals surface area contributed by atoms with Crippen molar-refractivity contribution in [3.05, 3.63) is 29.6 Å². The minimum atomic E-state index is -0.296. The van der Waals surface area contributed by atoms with Crippen molar-refractivity contribution in [2.75, 3.05) is 6.61 Å². The van der Waals surface area contributed by atoms with Gasteiger partial charge in [-0.05, 0) is 31.4 Å². The highest BCUT2D eigenvalue weighted by Crippen LogP contribution is 2.25. The third-order valence-electron chi connectivity index (χ3n) is 3.33. The number of hydrogen-bond donors (Lipinski definition) is 0.